The average molecular weight is 194 g/mol. The van der Waals surface area contributed by atoms with E-state index in [4.69, 9.17) is 0 Å². The third kappa shape index (κ3) is 2.59. The van der Waals surface area contributed by atoms with Crippen molar-refractivity contribution in [2.24, 2.45) is 0 Å². The van der Waals surface area contributed by atoms with Crippen molar-refractivity contribution in [2.75, 3.05) is 5.75 Å². The van der Waals surface area contributed by atoms with Crippen molar-refractivity contribution in [1.82, 2.24) is 0 Å². The molecule has 0 saturated heterocycles. The number of benzene rings is 1. The quantitative estimate of drug-likeness (QED) is 0.542. The molecule has 1 nitrogen and oxygen atoms in total. The number of thioether (sulfide) groups is 1. The number of carbonyl (C=O) groups excluding carboxylic acids is 1. The molecule has 0 N–H and O–H groups in total. The van der Waals surface area contributed by atoms with Crippen LogP contribution >= 0.6 is 11.8 Å². The fraction of sp³-hybridized carbons (Fsp3) is 0.364. The van der Waals surface area contributed by atoms with Gasteiger partial charge in [-0.1, -0.05) is 19.1 Å². The van der Waals surface area contributed by atoms with E-state index >= 15 is 0 Å². The van der Waals surface area contributed by atoms with Crippen molar-refractivity contribution in [1.29, 1.82) is 0 Å². The van der Waals surface area contributed by atoms with Gasteiger partial charge in [0.25, 0.3) is 0 Å². The van der Waals surface area contributed by atoms with Crippen molar-refractivity contribution < 1.29 is 4.79 Å². The molecule has 0 aromatic heterocycles. The lowest BCUT2D eigenvalue weighted by Gasteiger charge is -2.05. The molecule has 0 fully saturated rings. The van der Waals surface area contributed by atoms with Gasteiger partial charge in [-0.15, -0.1) is 11.8 Å². The van der Waals surface area contributed by atoms with Crippen LogP contribution in [0.1, 0.15) is 29.8 Å². The highest BCUT2D eigenvalue weighted by Crippen LogP contribution is 2.24. The minimum atomic E-state index is 0.149. The SMILES string of the molecule is CCSc1cc(C)ccc1C(C)=O. The molecular formula is C11H14OS. The zero-order chi connectivity index (χ0) is 9.84. The summed E-state index contributed by atoms with van der Waals surface area (Å²) in [5, 5.41) is 0. The Kier molecular flexibility index (Phi) is 3.55. The zero-order valence-corrected chi connectivity index (χ0v) is 9.07. The van der Waals surface area contributed by atoms with Gasteiger partial charge in [0.15, 0.2) is 5.78 Å². The molecular weight excluding hydrogens is 180 g/mol. The predicted octanol–water partition coefficient (Wildman–Crippen LogP) is 3.31. The molecule has 13 heavy (non-hydrogen) atoms. The van der Waals surface area contributed by atoms with E-state index in [-0.39, 0.29) is 5.78 Å². The second-order valence-corrected chi connectivity index (χ2v) is 4.29. The fourth-order valence-electron chi connectivity index (χ4n) is 1.20. The van der Waals surface area contributed by atoms with Gasteiger partial charge in [-0.2, -0.15) is 0 Å². The Morgan fingerprint density at radius 3 is 2.69 bits per heavy atom. The summed E-state index contributed by atoms with van der Waals surface area (Å²) in [7, 11) is 0. The first-order chi connectivity index (χ1) is 6.15. The molecule has 1 rings (SSSR count). The van der Waals surface area contributed by atoms with Crippen LogP contribution in [0.15, 0.2) is 23.1 Å². The van der Waals surface area contributed by atoms with E-state index < -0.39 is 0 Å². The van der Waals surface area contributed by atoms with E-state index in [0.29, 0.717) is 0 Å². The first-order valence-corrected chi connectivity index (χ1v) is 5.38. The van der Waals surface area contributed by atoms with Gasteiger partial charge in [0.05, 0.1) is 0 Å². The fourth-order valence-corrected chi connectivity index (χ4v) is 2.14. The highest BCUT2D eigenvalue weighted by atomic mass is 32.2. The standard InChI is InChI=1S/C11H14OS/c1-4-13-11-7-8(2)5-6-10(11)9(3)12/h5-7H,4H2,1-3H3. The van der Waals surface area contributed by atoms with E-state index in [1.54, 1.807) is 18.7 Å². The maximum Gasteiger partial charge on any atom is 0.160 e. The summed E-state index contributed by atoms with van der Waals surface area (Å²) >= 11 is 1.72. The Morgan fingerprint density at radius 1 is 1.46 bits per heavy atom. The van der Waals surface area contributed by atoms with E-state index in [1.807, 2.05) is 19.1 Å². The second kappa shape index (κ2) is 4.47. The van der Waals surface area contributed by atoms with Crippen LogP contribution in [0.25, 0.3) is 0 Å². The van der Waals surface area contributed by atoms with Crippen molar-refractivity contribution in [2.45, 2.75) is 25.7 Å². The summed E-state index contributed by atoms with van der Waals surface area (Å²) in [6, 6.07) is 5.97. The average Bonchev–Trinajstić information content (AvgIpc) is 2.04. The van der Waals surface area contributed by atoms with E-state index in [9.17, 15) is 4.79 Å². The summed E-state index contributed by atoms with van der Waals surface area (Å²) in [5.41, 5.74) is 2.05. The minimum Gasteiger partial charge on any atom is -0.294 e. The van der Waals surface area contributed by atoms with Gasteiger partial charge in [0.1, 0.15) is 0 Å². The first-order valence-electron chi connectivity index (χ1n) is 4.39. The number of hydrogen-bond acceptors (Lipinski definition) is 2. The van der Waals surface area contributed by atoms with Gasteiger partial charge in [0.2, 0.25) is 0 Å². The van der Waals surface area contributed by atoms with Crippen LogP contribution in [0, 0.1) is 6.92 Å². The molecule has 1 aromatic carbocycles. The van der Waals surface area contributed by atoms with Crippen molar-refractivity contribution >= 4 is 17.5 Å². The van der Waals surface area contributed by atoms with Crippen molar-refractivity contribution in [3.05, 3.63) is 29.3 Å². The number of Topliss-reactive ketones (excluding diaryl/α,β-unsaturated/α-hetero) is 1. The smallest absolute Gasteiger partial charge is 0.160 e. The van der Waals surface area contributed by atoms with Crippen LogP contribution in [0.2, 0.25) is 0 Å². The summed E-state index contributed by atoms with van der Waals surface area (Å²) in [4.78, 5) is 12.3. The van der Waals surface area contributed by atoms with Crippen LogP contribution in [-0.2, 0) is 0 Å². The first kappa shape index (κ1) is 10.3. The van der Waals surface area contributed by atoms with Gasteiger partial charge in [-0.3, -0.25) is 4.79 Å². The van der Waals surface area contributed by atoms with Crippen LogP contribution in [-0.4, -0.2) is 11.5 Å². The highest BCUT2D eigenvalue weighted by Gasteiger charge is 2.06. The molecule has 0 heterocycles. The Bertz CT molecular complexity index is 318. The van der Waals surface area contributed by atoms with Gasteiger partial charge in [-0.25, -0.2) is 0 Å². The molecule has 0 aliphatic heterocycles. The lowest BCUT2D eigenvalue weighted by atomic mass is 10.1. The monoisotopic (exact) mass is 194 g/mol. The predicted molar refractivity (Wildman–Crippen MR) is 57.6 cm³/mol. The van der Waals surface area contributed by atoms with Crippen molar-refractivity contribution in [3.63, 3.8) is 0 Å². The minimum absolute atomic E-state index is 0.149. The maximum atomic E-state index is 11.2. The van der Waals surface area contributed by atoms with E-state index in [1.165, 1.54) is 5.56 Å². The molecule has 0 bridgehead atoms. The van der Waals surface area contributed by atoms with E-state index in [0.717, 1.165) is 16.2 Å². The molecule has 0 spiro atoms. The molecule has 0 aliphatic carbocycles. The summed E-state index contributed by atoms with van der Waals surface area (Å²) in [6.07, 6.45) is 0. The molecule has 1 aromatic rings. The number of aryl methyl sites for hydroxylation is 1. The Morgan fingerprint density at radius 2 is 2.15 bits per heavy atom. The zero-order valence-electron chi connectivity index (χ0n) is 8.26. The molecule has 0 amide bonds. The topological polar surface area (TPSA) is 17.1 Å². The van der Waals surface area contributed by atoms with Gasteiger partial charge < -0.3 is 0 Å². The highest BCUT2D eigenvalue weighted by molar-refractivity contribution is 7.99. The van der Waals surface area contributed by atoms with E-state index in [2.05, 4.69) is 13.0 Å². The second-order valence-electron chi connectivity index (χ2n) is 2.99. The maximum absolute atomic E-state index is 11.2. The number of hydrogen-bond donors (Lipinski definition) is 0. The number of carbonyl (C=O) groups is 1. The van der Waals surface area contributed by atoms with Crippen LogP contribution < -0.4 is 0 Å². The molecule has 0 aliphatic rings. The lowest BCUT2D eigenvalue weighted by Crippen LogP contribution is -1.95. The normalized spacial score (nSPS) is 10.1. The molecule has 0 atom stereocenters. The van der Waals surface area contributed by atoms with Gasteiger partial charge in [0, 0.05) is 10.5 Å². The van der Waals surface area contributed by atoms with Crippen molar-refractivity contribution in [3.8, 4) is 0 Å². The van der Waals surface area contributed by atoms with Gasteiger partial charge >= 0.3 is 0 Å². The van der Waals surface area contributed by atoms with Crippen LogP contribution in [0.5, 0.6) is 0 Å². The number of ketones is 1. The Balaban J connectivity index is 3.10. The third-order valence-corrected chi connectivity index (χ3v) is 2.75. The summed E-state index contributed by atoms with van der Waals surface area (Å²) in [6.45, 7) is 5.75. The summed E-state index contributed by atoms with van der Waals surface area (Å²) < 4.78 is 0. The van der Waals surface area contributed by atoms with Gasteiger partial charge in [-0.05, 0) is 31.2 Å². The molecule has 70 valence electrons. The van der Waals surface area contributed by atoms with Crippen LogP contribution in [0.4, 0.5) is 0 Å². The Labute approximate surface area is 83.5 Å². The lowest BCUT2D eigenvalue weighted by molar-refractivity contribution is 0.101. The molecule has 2 heteroatoms. The molecule has 0 radical (unpaired) electrons. The summed E-state index contributed by atoms with van der Waals surface area (Å²) in [5.74, 6) is 1.15. The Hall–Kier alpha value is -0.760. The molecule has 0 unspecified atom stereocenters. The molecule has 0 saturated carbocycles. The largest absolute Gasteiger partial charge is 0.294 e. The van der Waals surface area contributed by atoms with Crippen LogP contribution in [0.3, 0.4) is 0 Å². The third-order valence-electron chi connectivity index (χ3n) is 1.82. The number of rotatable bonds is 3.